The molecule has 0 N–H and O–H groups in total. The summed E-state index contributed by atoms with van der Waals surface area (Å²) < 4.78 is 54.4. The molecule has 2 heterocycles. The Morgan fingerprint density at radius 3 is 2.41 bits per heavy atom. The minimum absolute atomic E-state index is 0.287. The molecule has 1 amide bonds. The van der Waals surface area contributed by atoms with Gasteiger partial charge in [-0.1, -0.05) is 30.3 Å². The van der Waals surface area contributed by atoms with E-state index in [1.165, 1.54) is 37.1 Å². The summed E-state index contributed by atoms with van der Waals surface area (Å²) in [7, 11) is 1.41. The van der Waals surface area contributed by atoms with Crippen LogP contribution < -0.4 is 4.90 Å². The highest BCUT2D eigenvalue weighted by atomic mass is 19.4. The minimum atomic E-state index is -4.58. The maximum atomic E-state index is 14.0. The number of halogens is 4. The third-order valence-electron chi connectivity index (χ3n) is 5.46. The number of rotatable bonds is 2. The normalized spacial score (nSPS) is 26.8. The number of fused-ring (bicyclic) bond motifs is 2. The second kappa shape index (κ2) is 5.41. The standard InChI is InChI=1S/C20H16F4N2O/c1-18(11-19(22,23)24)17(27)26(2)15-9-8-13(21)10-14(15)20(18)16(25-20)12-6-4-3-5-7-12/h3-10H,11H2,1-2H3. The van der Waals surface area contributed by atoms with Crippen LogP contribution in [0.15, 0.2) is 53.5 Å². The molecule has 2 unspecified atom stereocenters. The molecule has 2 aliphatic rings. The zero-order valence-electron chi connectivity index (χ0n) is 14.6. The fourth-order valence-electron chi connectivity index (χ4n) is 4.21. The monoisotopic (exact) mass is 376 g/mol. The topological polar surface area (TPSA) is 32.7 Å². The van der Waals surface area contributed by atoms with Gasteiger partial charge < -0.3 is 4.90 Å². The molecule has 3 nitrogen and oxygen atoms in total. The lowest BCUT2D eigenvalue weighted by Gasteiger charge is -2.45. The highest BCUT2D eigenvalue weighted by molar-refractivity contribution is 6.23. The summed E-state index contributed by atoms with van der Waals surface area (Å²) >= 11 is 0. The Bertz CT molecular complexity index is 970. The highest BCUT2D eigenvalue weighted by Gasteiger charge is 2.70. The smallest absolute Gasteiger partial charge is 0.315 e. The number of hydrogen-bond acceptors (Lipinski definition) is 2. The van der Waals surface area contributed by atoms with Crippen molar-refractivity contribution in [2.24, 2.45) is 10.4 Å². The molecule has 7 heteroatoms. The molecule has 2 atom stereocenters. The molecule has 0 radical (unpaired) electrons. The van der Waals surface area contributed by atoms with Crippen molar-refractivity contribution < 1.29 is 22.4 Å². The van der Waals surface area contributed by atoms with Gasteiger partial charge in [0.25, 0.3) is 0 Å². The number of nitrogens with zero attached hydrogens (tertiary/aromatic N) is 2. The number of benzene rings is 2. The van der Waals surface area contributed by atoms with E-state index in [-0.39, 0.29) is 5.56 Å². The van der Waals surface area contributed by atoms with Crippen LogP contribution in [0.25, 0.3) is 0 Å². The predicted molar refractivity (Wildman–Crippen MR) is 93.2 cm³/mol. The minimum Gasteiger partial charge on any atom is -0.315 e. The van der Waals surface area contributed by atoms with Crippen molar-refractivity contribution >= 4 is 17.3 Å². The van der Waals surface area contributed by atoms with E-state index in [1.807, 2.05) is 0 Å². The molecule has 140 valence electrons. The van der Waals surface area contributed by atoms with E-state index in [4.69, 9.17) is 0 Å². The van der Waals surface area contributed by atoms with E-state index < -0.39 is 35.3 Å². The van der Waals surface area contributed by atoms with Gasteiger partial charge in [-0.05, 0) is 30.7 Å². The molecule has 0 bridgehead atoms. The Morgan fingerprint density at radius 1 is 1.11 bits per heavy atom. The molecule has 0 saturated carbocycles. The van der Waals surface area contributed by atoms with Crippen molar-refractivity contribution in [1.29, 1.82) is 0 Å². The lowest BCUT2D eigenvalue weighted by Crippen LogP contribution is -2.56. The predicted octanol–water partition coefficient (Wildman–Crippen LogP) is 4.46. The fourth-order valence-corrected chi connectivity index (χ4v) is 4.21. The fraction of sp³-hybridized carbons (Fsp3) is 0.300. The zero-order chi connectivity index (χ0) is 19.6. The van der Waals surface area contributed by atoms with Crippen molar-refractivity contribution in [1.82, 2.24) is 0 Å². The first-order valence-electron chi connectivity index (χ1n) is 8.41. The van der Waals surface area contributed by atoms with Gasteiger partial charge in [0.1, 0.15) is 11.4 Å². The Hall–Kier alpha value is -2.70. The van der Waals surface area contributed by atoms with Gasteiger partial charge in [-0.3, -0.25) is 9.79 Å². The number of carbonyl (C=O) groups excluding carboxylic acids is 1. The summed E-state index contributed by atoms with van der Waals surface area (Å²) in [6.07, 6.45) is -5.93. The van der Waals surface area contributed by atoms with Crippen molar-refractivity contribution in [3.05, 3.63) is 65.5 Å². The number of amides is 1. The van der Waals surface area contributed by atoms with Crippen LogP contribution in [0.1, 0.15) is 24.5 Å². The molecule has 0 aromatic heterocycles. The maximum Gasteiger partial charge on any atom is 0.390 e. The van der Waals surface area contributed by atoms with E-state index in [0.29, 0.717) is 17.0 Å². The highest BCUT2D eigenvalue weighted by Crippen LogP contribution is 2.63. The summed E-state index contributed by atoms with van der Waals surface area (Å²) in [5, 5.41) is 0. The first-order valence-corrected chi connectivity index (χ1v) is 8.41. The van der Waals surface area contributed by atoms with Crippen LogP contribution in [0.3, 0.4) is 0 Å². The molecule has 0 aliphatic carbocycles. The van der Waals surface area contributed by atoms with Gasteiger partial charge in [0.05, 0.1) is 17.5 Å². The quantitative estimate of drug-likeness (QED) is 0.713. The average molecular weight is 376 g/mol. The van der Waals surface area contributed by atoms with Crippen molar-refractivity contribution in [2.75, 3.05) is 11.9 Å². The molecule has 0 saturated heterocycles. The Morgan fingerprint density at radius 2 is 1.78 bits per heavy atom. The number of anilines is 1. The first kappa shape index (κ1) is 17.7. The molecular formula is C20H16F4N2O. The molecule has 2 aromatic carbocycles. The molecule has 4 rings (SSSR count). The average Bonchev–Trinajstić information content (AvgIpc) is 3.36. The van der Waals surface area contributed by atoms with Crippen LogP contribution in [0.5, 0.6) is 0 Å². The van der Waals surface area contributed by atoms with Crippen molar-refractivity contribution in [2.45, 2.75) is 25.1 Å². The third-order valence-corrected chi connectivity index (χ3v) is 5.46. The number of hydrogen-bond donors (Lipinski definition) is 0. The van der Waals surface area contributed by atoms with Crippen LogP contribution in [0.2, 0.25) is 0 Å². The summed E-state index contributed by atoms with van der Waals surface area (Å²) in [5.74, 6) is -1.27. The van der Waals surface area contributed by atoms with Crippen LogP contribution >= 0.6 is 0 Å². The van der Waals surface area contributed by atoms with Crippen LogP contribution in [-0.4, -0.2) is 24.8 Å². The number of aliphatic imine (C=N–C) groups is 1. The molecular weight excluding hydrogens is 360 g/mol. The van der Waals surface area contributed by atoms with Crippen LogP contribution in [-0.2, 0) is 10.3 Å². The SMILES string of the molecule is CN1C(=O)C(C)(CC(F)(F)F)C2(N=C2c2ccccc2)c2cc(F)ccc21. The lowest BCUT2D eigenvalue weighted by molar-refractivity contribution is -0.169. The van der Waals surface area contributed by atoms with Crippen molar-refractivity contribution in [3.8, 4) is 0 Å². The molecule has 2 aromatic rings. The second-order valence-corrected chi connectivity index (χ2v) is 7.19. The van der Waals surface area contributed by atoms with Gasteiger partial charge in [-0.2, -0.15) is 13.2 Å². The van der Waals surface area contributed by atoms with E-state index in [1.54, 1.807) is 30.3 Å². The Labute approximate surface area is 153 Å². The Balaban J connectivity index is 1.96. The summed E-state index contributed by atoms with van der Waals surface area (Å²) in [5.41, 5.74) is -1.76. The summed E-state index contributed by atoms with van der Waals surface area (Å²) in [6.45, 7) is 1.27. The van der Waals surface area contributed by atoms with E-state index >= 15 is 0 Å². The summed E-state index contributed by atoms with van der Waals surface area (Å²) in [4.78, 5) is 18.7. The van der Waals surface area contributed by atoms with Gasteiger partial charge in [0.15, 0.2) is 0 Å². The van der Waals surface area contributed by atoms with Crippen LogP contribution in [0, 0.1) is 11.2 Å². The van der Waals surface area contributed by atoms with Crippen LogP contribution in [0.4, 0.5) is 23.2 Å². The first-order chi connectivity index (χ1) is 12.6. The van der Waals surface area contributed by atoms with Gasteiger partial charge in [-0.25, -0.2) is 4.39 Å². The lowest BCUT2D eigenvalue weighted by atomic mass is 9.63. The number of carbonyl (C=O) groups is 1. The van der Waals surface area contributed by atoms with E-state index in [0.717, 1.165) is 0 Å². The van der Waals surface area contributed by atoms with Gasteiger partial charge in [-0.15, -0.1) is 0 Å². The van der Waals surface area contributed by atoms with E-state index in [9.17, 15) is 22.4 Å². The summed E-state index contributed by atoms with van der Waals surface area (Å²) in [6, 6.07) is 12.5. The molecule has 27 heavy (non-hydrogen) atoms. The molecule has 0 fully saturated rings. The van der Waals surface area contributed by atoms with E-state index in [2.05, 4.69) is 4.99 Å². The van der Waals surface area contributed by atoms with Gasteiger partial charge >= 0.3 is 6.18 Å². The second-order valence-electron chi connectivity index (χ2n) is 7.19. The van der Waals surface area contributed by atoms with Gasteiger partial charge in [0.2, 0.25) is 5.91 Å². The Kier molecular flexibility index (Phi) is 3.54. The number of alkyl halides is 3. The van der Waals surface area contributed by atoms with Gasteiger partial charge in [0, 0.05) is 18.3 Å². The molecule has 2 aliphatic heterocycles. The zero-order valence-corrected chi connectivity index (χ0v) is 14.6. The third kappa shape index (κ3) is 2.40. The van der Waals surface area contributed by atoms with Crippen molar-refractivity contribution in [3.63, 3.8) is 0 Å². The molecule has 1 spiro atoms. The maximum absolute atomic E-state index is 14.0. The largest absolute Gasteiger partial charge is 0.390 e.